The molecule has 0 rings (SSSR count). The first-order valence-electron chi connectivity index (χ1n) is 29.2. The number of rotatable bonds is 50. The molecule has 15 heteroatoms. The van der Waals surface area contributed by atoms with Crippen LogP contribution in [0.2, 0.25) is 0 Å². The molecule has 442 valence electrons. The molecule has 0 aromatic heterocycles. The molecule has 0 radical (unpaired) electrons. The van der Waals surface area contributed by atoms with Gasteiger partial charge in [0.05, 0.1) is 71.2 Å². The Morgan fingerprint density at radius 1 is 0.397 bits per heavy atom. The zero-order valence-electron chi connectivity index (χ0n) is 51.3. The van der Waals surface area contributed by atoms with E-state index in [9.17, 15) is 0 Å². The largest absolute Gasteiger partial charge is 0.412 e. The van der Waals surface area contributed by atoms with Crippen LogP contribution in [-0.2, 0) is 66.3 Å². The van der Waals surface area contributed by atoms with Crippen molar-refractivity contribution in [3.63, 3.8) is 0 Å². The summed E-state index contributed by atoms with van der Waals surface area (Å²) in [6.07, 6.45) is 11.0. The van der Waals surface area contributed by atoms with Gasteiger partial charge in [-0.25, -0.2) is 0 Å². The molecule has 0 aromatic rings. The van der Waals surface area contributed by atoms with Crippen molar-refractivity contribution in [3.8, 4) is 0 Å². The van der Waals surface area contributed by atoms with Gasteiger partial charge in [-0.1, -0.05) is 134 Å². The van der Waals surface area contributed by atoms with E-state index in [4.69, 9.17) is 66.3 Å². The van der Waals surface area contributed by atoms with Crippen LogP contribution in [0.4, 0.5) is 0 Å². The van der Waals surface area contributed by atoms with Crippen molar-refractivity contribution in [1.29, 1.82) is 0 Å². The molecule has 73 heavy (non-hydrogen) atoms. The number of unbranched alkanes of at least 4 members (excludes halogenated alkanes) is 6. The lowest BCUT2D eigenvalue weighted by Gasteiger charge is -2.62. The van der Waals surface area contributed by atoms with Crippen molar-refractivity contribution in [2.75, 3.05) is 66.6 Å². The quantitative estimate of drug-likeness (QED) is 0.0418. The minimum absolute atomic E-state index is 0. The van der Waals surface area contributed by atoms with Crippen molar-refractivity contribution in [2.45, 2.75) is 300 Å². The van der Waals surface area contributed by atoms with Crippen molar-refractivity contribution < 1.29 is 71.8 Å². The molecule has 8 unspecified atom stereocenters. The maximum atomic E-state index is 8.05. The molecule has 0 saturated heterocycles. The van der Waals surface area contributed by atoms with Crippen LogP contribution in [0.5, 0.6) is 0 Å². The van der Waals surface area contributed by atoms with Gasteiger partial charge >= 0.3 is 17.9 Å². The number of hydrogen-bond acceptors (Lipinski definition) is 14. The third-order valence-electron chi connectivity index (χ3n) is 12.9. The van der Waals surface area contributed by atoms with Crippen LogP contribution in [0.25, 0.3) is 0 Å². The molecular formula is C58H120O15. The Hall–Kier alpha value is -0.600. The third-order valence-corrected chi connectivity index (χ3v) is 12.9. The van der Waals surface area contributed by atoms with Gasteiger partial charge in [0, 0.05) is 13.7 Å². The summed E-state index contributed by atoms with van der Waals surface area (Å²) in [5, 5.41) is 0. The Morgan fingerprint density at radius 3 is 1.30 bits per heavy atom. The molecule has 8 atom stereocenters. The van der Waals surface area contributed by atoms with Crippen LogP contribution in [0.15, 0.2) is 0 Å². The second kappa shape index (κ2) is 38.9. The predicted octanol–water partition coefficient (Wildman–Crippen LogP) is 13.8. The van der Waals surface area contributed by atoms with Gasteiger partial charge in [-0.05, 0) is 119 Å². The van der Waals surface area contributed by atoms with Crippen LogP contribution < -0.4 is 0 Å². The van der Waals surface area contributed by atoms with Gasteiger partial charge in [0.25, 0.3) is 11.6 Å². The normalized spacial score (nSPS) is 18.1. The summed E-state index contributed by atoms with van der Waals surface area (Å²) < 4.78 is 103. The highest BCUT2D eigenvalue weighted by molar-refractivity contribution is 5.09. The summed E-state index contributed by atoms with van der Waals surface area (Å²) >= 11 is 0. The molecule has 0 fully saturated rings. The van der Waals surface area contributed by atoms with Crippen LogP contribution >= 0.6 is 0 Å². The van der Waals surface area contributed by atoms with Gasteiger partial charge in [0.15, 0.2) is 0 Å². The number of methoxy groups -OCH3 is 1. The topological polar surface area (TPSA) is 161 Å². The van der Waals surface area contributed by atoms with E-state index in [1.54, 1.807) is 7.11 Å². The standard InChI is InChI=1S/C58H118O14.H2O/c1-22-32-37-44-65-57(68-45-47(11)12,71-50(16)30-9)54(67-46-49(15)29-8,70-51(17)38-27-6)52(18,19)72-58(69-48(13)14,66-43-36-26-5)55(60-31-10,61-39-28-7)53(20,59-21)56(62-40-33-23-2,63-41-34-24-3)64-42-35-25-4;/h47-51H,22-46H2,1-21H3;1H2. The summed E-state index contributed by atoms with van der Waals surface area (Å²) in [5.74, 6) is -10.5. The molecule has 0 spiro atoms. The Kier molecular flexibility index (Phi) is 39.7. The molecule has 15 nitrogen and oxygen atoms in total. The molecule has 0 aliphatic heterocycles. The van der Waals surface area contributed by atoms with Gasteiger partial charge in [-0.15, -0.1) is 0 Å². The molecule has 0 aromatic carbocycles. The number of ether oxygens (including phenoxy) is 14. The Balaban J connectivity index is 0. The average molecular weight is 1060 g/mol. The van der Waals surface area contributed by atoms with Gasteiger partial charge < -0.3 is 71.8 Å². The molecule has 0 saturated carbocycles. The van der Waals surface area contributed by atoms with Crippen LogP contribution in [-0.4, -0.2) is 131 Å². The first-order chi connectivity index (χ1) is 34.1. The van der Waals surface area contributed by atoms with Crippen molar-refractivity contribution in [2.24, 2.45) is 11.8 Å². The highest BCUT2D eigenvalue weighted by Gasteiger charge is 2.81. The fraction of sp³-hybridized carbons (Fsp3) is 1.00. The predicted molar refractivity (Wildman–Crippen MR) is 293 cm³/mol. The Morgan fingerprint density at radius 2 is 0.890 bits per heavy atom. The zero-order chi connectivity index (χ0) is 55.0. The second-order valence-electron chi connectivity index (χ2n) is 21.1. The molecule has 0 bridgehead atoms. The maximum absolute atomic E-state index is 8.05. The molecule has 0 aliphatic rings. The minimum atomic E-state index is -2.37. The van der Waals surface area contributed by atoms with Crippen molar-refractivity contribution >= 4 is 0 Å². The summed E-state index contributed by atoms with van der Waals surface area (Å²) in [7, 11) is 1.59. The van der Waals surface area contributed by atoms with Gasteiger partial charge in [0.2, 0.25) is 5.60 Å². The highest BCUT2D eigenvalue weighted by Crippen LogP contribution is 2.56. The van der Waals surface area contributed by atoms with Gasteiger partial charge in [-0.2, -0.15) is 0 Å². The van der Waals surface area contributed by atoms with Crippen molar-refractivity contribution in [3.05, 3.63) is 0 Å². The first kappa shape index (κ1) is 74.5. The van der Waals surface area contributed by atoms with Gasteiger partial charge in [-0.3, -0.25) is 0 Å². The Labute approximate surface area is 449 Å². The van der Waals surface area contributed by atoms with E-state index in [2.05, 4.69) is 76.2 Å². The van der Waals surface area contributed by atoms with Gasteiger partial charge in [0.1, 0.15) is 5.60 Å². The van der Waals surface area contributed by atoms with Crippen LogP contribution in [0.1, 0.15) is 241 Å². The average Bonchev–Trinajstić information content (AvgIpc) is 3.33. The summed E-state index contributed by atoms with van der Waals surface area (Å²) in [6.45, 7) is 42.8. The molecular weight excluding hydrogens is 937 g/mol. The van der Waals surface area contributed by atoms with E-state index < -0.39 is 52.9 Å². The minimum Gasteiger partial charge on any atom is -0.412 e. The first-order valence-corrected chi connectivity index (χ1v) is 29.2. The third kappa shape index (κ3) is 21.2. The van der Waals surface area contributed by atoms with E-state index in [1.807, 2.05) is 62.3 Å². The SMILES string of the molecule is CCCCCOC(OCC(C)C)(OC(C)CC)C(OCC(C)CC)(OC(C)CCC)C(C)(C)OC(OCCCC)(OC(C)C)C(OCC)(OCCC)C(C)(OC)C(OCCCC)(OCCCC)OCCCC.O. The zero-order valence-corrected chi connectivity index (χ0v) is 51.3. The monoisotopic (exact) mass is 1060 g/mol. The van der Waals surface area contributed by atoms with Crippen LogP contribution in [0, 0.1) is 11.8 Å². The van der Waals surface area contributed by atoms with Crippen molar-refractivity contribution in [1.82, 2.24) is 0 Å². The lowest BCUT2D eigenvalue weighted by Crippen LogP contribution is -2.83. The lowest BCUT2D eigenvalue weighted by molar-refractivity contribution is -0.599. The molecule has 0 aliphatic carbocycles. The number of hydrogen-bond donors (Lipinski definition) is 0. The maximum Gasteiger partial charge on any atom is 0.345 e. The molecule has 0 heterocycles. The second-order valence-corrected chi connectivity index (χ2v) is 21.1. The summed E-state index contributed by atoms with van der Waals surface area (Å²) in [4.78, 5) is 0. The summed E-state index contributed by atoms with van der Waals surface area (Å²) in [5.41, 5.74) is -3.63. The fourth-order valence-corrected chi connectivity index (χ4v) is 8.24. The lowest BCUT2D eigenvalue weighted by atomic mass is 9.86. The smallest absolute Gasteiger partial charge is 0.345 e. The molecule has 2 N–H and O–H groups in total. The van der Waals surface area contributed by atoms with E-state index in [0.29, 0.717) is 44.9 Å². The highest BCUT2D eigenvalue weighted by atomic mass is 17.0. The van der Waals surface area contributed by atoms with E-state index in [1.165, 1.54) is 0 Å². The fourth-order valence-electron chi connectivity index (χ4n) is 8.24. The Bertz CT molecular complexity index is 1280. The van der Waals surface area contributed by atoms with Crippen LogP contribution in [0.3, 0.4) is 0 Å². The van der Waals surface area contributed by atoms with E-state index >= 15 is 0 Å². The van der Waals surface area contributed by atoms with E-state index in [-0.39, 0.29) is 82.9 Å². The van der Waals surface area contributed by atoms with E-state index in [0.717, 1.165) is 57.8 Å². The molecule has 0 amide bonds. The summed E-state index contributed by atoms with van der Waals surface area (Å²) in [6, 6.07) is 0.